The number of carbonyl (C=O) groups excluding carboxylic acids is 2. The first-order valence-corrected chi connectivity index (χ1v) is 11.3. The fraction of sp³-hybridized carbons (Fsp3) is 0.120. The Morgan fingerprint density at radius 1 is 1.00 bits per heavy atom. The fourth-order valence-corrected chi connectivity index (χ4v) is 3.73. The van der Waals surface area contributed by atoms with E-state index in [-0.39, 0.29) is 24.1 Å². The monoisotopic (exact) mass is 458 g/mol. The lowest BCUT2D eigenvalue weighted by atomic mass is 10.1. The third-order valence-corrected chi connectivity index (χ3v) is 5.68. The molecule has 0 atom stereocenters. The average molecular weight is 459 g/mol. The van der Waals surface area contributed by atoms with Gasteiger partial charge in [-0.15, -0.1) is 0 Å². The van der Waals surface area contributed by atoms with Crippen molar-refractivity contribution in [2.75, 3.05) is 11.1 Å². The maximum absolute atomic E-state index is 12.4. The van der Waals surface area contributed by atoms with Crippen molar-refractivity contribution in [2.24, 2.45) is 0 Å². The number of nitrogens with one attached hydrogen (secondary N) is 2. The van der Waals surface area contributed by atoms with Gasteiger partial charge in [0.25, 0.3) is 5.91 Å². The minimum absolute atomic E-state index is 0.111. The summed E-state index contributed by atoms with van der Waals surface area (Å²) in [5.74, 6) is 1.02. The molecule has 0 spiro atoms. The normalized spacial score (nSPS) is 10.6. The Hall–Kier alpha value is -3.91. The van der Waals surface area contributed by atoms with Crippen molar-refractivity contribution >= 4 is 29.3 Å². The number of aromatic nitrogens is 2. The largest absolute Gasteiger partial charge is 0.441 e. The SMILES string of the molecule is Cc1oc(-c2cccc(NC(=O)c3ccccc3)c2)nc1CNC(=O)CSc1ccccn1. The molecule has 8 heteroatoms. The van der Waals surface area contributed by atoms with Crippen LogP contribution in [0.2, 0.25) is 0 Å². The number of carbonyl (C=O) groups is 2. The van der Waals surface area contributed by atoms with Gasteiger partial charge in [0.2, 0.25) is 11.8 Å². The number of benzene rings is 2. The van der Waals surface area contributed by atoms with E-state index >= 15 is 0 Å². The quantitative estimate of drug-likeness (QED) is 0.371. The van der Waals surface area contributed by atoms with Crippen molar-refractivity contribution in [3.05, 3.63) is 96.0 Å². The number of hydrogen-bond donors (Lipinski definition) is 2. The summed E-state index contributed by atoms with van der Waals surface area (Å²) in [6.45, 7) is 2.07. The van der Waals surface area contributed by atoms with Crippen molar-refractivity contribution in [1.29, 1.82) is 0 Å². The first kappa shape index (κ1) is 22.3. The molecule has 0 saturated carbocycles. The van der Waals surface area contributed by atoms with Crippen LogP contribution in [0.3, 0.4) is 0 Å². The van der Waals surface area contributed by atoms with E-state index in [1.165, 1.54) is 11.8 Å². The number of oxazole rings is 1. The maximum atomic E-state index is 12.4. The zero-order valence-corrected chi connectivity index (χ0v) is 18.8. The van der Waals surface area contributed by atoms with Gasteiger partial charge in [-0.3, -0.25) is 9.59 Å². The molecule has 166 valence electrons. The van der Waals surface area contributed by atoms with Gasteiger partial charge in [-0.05, 0) is 49.4 Å². The Balaban J connectivity index is 1.37. The summed E-state index contributed by atoms with van der Waals surface area (Å²) >= 11 is 1.37. The molecule has 0 fully saturated rings. The first-order valence-electron chi connectivity index (χ1n) is 10.3. The molecule has 0 aliphatic rings. The van der Waals surface area contributed by atoms with E-state index in [1.807, 2.05) is 55.5 Å². The zero-order valence-electron chi connectivity index (χ0n) is 17.9. The Bertz CT molecular complexity index is 1240. The third kappa shape index (κ3) is 6.08. The Morgan fingerprint density at radius 3 is 2.61 bits per heavy atom. The second-order valence-corrected chi connectivity index (χ2v) is 8.15. The van der Waals surface area contributed by atoms with E-state index in [9.17, 15) is 9.59 Å². The number of anilines is 1. The molecular formula is C25H22N4O3S. The molecule has 7 nitrogen and oxygen atoms in total. The van der Waals surface area contributed by atoms with E-state index in [4.69, 9.17) is 4.42 Å². The predicted octanol–water partition coefficient (Wildman–Crippen LogP) is 4.71. The minimum atomic E-state index is -0.191. The molecule has 0 saturated heterocycles. The van der Waals surface area contributed by atoms with Crippen molar-refractivity contribution in [1.82, 2.24) is 15.3 Å². The number of hydrogen-bond acceptors (Lipinski definition) is 6. The fourth-order valence-electron chi connectivity index (χ4n) is 3.04. The van der Waals surface area contributed by atoms with Gasteiger partial charge < -0.3 is 15.1 Å². The Labute approximate surface area is 195 Å². The predicted molar refractivity (Wildman–Crippen MR) is 128 cm³/mol. The molecule has 2 amide bonds. The van der Waals surface area contributed by atoms with Crippen LogP contribution in [0.1, 0.15) is 21.8 Å². The molecule has 0 aliphatic heterocycles. The van der Waals surface area contributed by atoms with Gasteiger partial charge >= 0.3 is 0 Å². The van der Waals surface area contributed by atoms with Crippen molar-refractivity contribution in [2.45, 2.75) is 18.5 Å². The molecule has 33 heavy (non-hydrogen) atoms. The third-order valence-electron chi connectivity index (χ3n) is 4.74. The number of thioether (sulfide) groups is 1. The summed E-state index contributed by atoms with van der Waals surface area (Å²) in [6.07, 6.45) is 1.70. The highest BCUT2D eigenvalue weighted by atomic mass is 32.2. The average Bonchev–Trinajstić information content (AvgIpc) is 3.23. The van der Waals surface area contributed by atoms with Gasteiger partial charge in [0, 0.05) is 23.0 Å². The summed E-state index contributed by atoms with van der Waals surface area (Å²) in [5, 5.41) is 6.55. The molecule has 0 radical (unpaired) electrons. The molecule has 0 unspecified atom stereocenters. The molecule has 0 aliphatic carbocycles. The molecule has 4 aromatic rings. The van der Waals surface area contributed by atoms with Crippen LogP contribution in [-0.4, -0.2) is 27.5 Å². The number of pyridine rings is 1. The Morgan fingerprint density at radius 2 is 1.82 bits per heavy atom. The second kappa shape index (κ2) is 10.6. The lowest BCUT2D eigenvalue weighted by Crippen LogP contribution is -2.25. The summed E-state index contributed by atoms with van der Waals surface area (Å²) in [4.78, 5) is 33.3. The van der Waals surface area contributed by atoms with E-state index < -0.39 is 0 Å². The molecule has 4 rings (SSSR count). The second-order valence-electron chi connectivity index (χ2n) is 7.16. The molecule has 2 N–H and O–H groups in total. The van der Waals surface area contributed by atoms with Crippen LogP contribution >= 0.6 is 11.8 Å². The summed E-state index contributed by atoms with van der Waals surface area (Å²) in [7, 11) is 0. The van der Waals surface area contributed by atoms with Crippen LogP contribution < -0.4 is 10.6 Å². The summed E-state index contributed by atoms with van der Waals surface area (Å²) in [6, 6.07) is 21.9. The molecule has 0 bridgehead atoms. The topological polar surface area (TPSA) is 97.1 Å². The standard InChI is InChI=1S/C25H22N4O3S/c1-17-21(15-27-22(30)16-33-23-12-5-6-13-26-23)29-25(32-17)19-10-7-11-20(14-19)28-24(31)18-8-3-2-4-9-18/h2-14H,15-16H2,1H3,(H,27,30)(H,28,31). The van der Waals surface area contributed by atoms with Crippen LogP contribution in [0.5, 0.6) is 0 Å². The van der Waals surface area contributed by atoms with E-state index in [2.05, 4.69) is 20.6 Å². The molecular weight excluding hydrogens is 436 g/mol. The van der Waals surface area contributed by atoms with E-state index in [0.717, 1.165) is 10.6 Å². The smallest absolute Gasteiger partial charge is 0.255 e. The Kier molecular flexibility index (Phi) is 7.16. The van der Waals surface area contributed by atoms with Crippen molar-refractivity contribution in [3.63, 3.8) is 0 Å². The van der Waals surface area contributed by atoms with Gasteiger partial charge in [-0.1, -0.05) is 42.1 Å². The van der Waals surface area contributed by atoms with Gasteiger partial charge in [-0.25, -0.2) is 9.97 Å². The summed E-state index contributed by atoms with van der Waals surface area (Å²) < 4.78 is 5.82. The molecule has 2 aromatic carbocycles. The van der Waals surface area contributed by atoms with E-state index in [1.54, 1.807) is 30.5 Å². The zero-order chi connectivity index (χ0) is 23.0. The first-order chi connectivity index (χ1) is 16.1. The number of rotatable bonds is 8. The number of aryl methyl sites for hydroxylation is 1. The lowest BCUT2D eigenvalue weighted by Gasteiger charge is -2.06. The van der Waals surface area contributed by atoms with Gasteiger partial charge in [-0.2, -0.15) is 0 Å². The van der Waals surface area contributed by atoms with Crippen LogP contribution in [-0.2, 0) is 11.3 Å². The van der Waals surface area contributed by atoms with Gasteiger partial charge in [0.05, 0.1) is 17.3 Å². The highest BCUT2D eigenvalue weighted by Crippen LogP contribution is 2.25. The maximum Gasteiger partial charge on any atom is 0.255 e. The van der Waals surface area contributed by atoms with Crippen LogP contribution in [0, 0.1) is 6.92 Å². The van der Waals surface area contributed by atoms with Crippen LogP contribution in [0.25, 0.3) is 11.5 Å². The van der Waals surface area contributed by atoms with Crippen LogP contribution in [0.4, 0.5) is 5.69 Å². The minimum Gasteiger partial charge on any atom is -0.441 e. The summed E-state index contributed by atoms with van der Waals surface area (Å²) in [5.41, 5.74) is 2.60. The van der Waals surface area contributed by atoms with Gasteiger partial charge in [0.15, 0.2) is 0 Å². The number of nitrogens with zero attached hydrogens (tertiary/aromatic N) is 2. The lowest BCUT2D eigenvalue weighted by molar-refractivity contribution is -0.118. The van der Waals surface area contributed by atoms with Gasteiger partial charge in [0.1, 0.15) is 11.5 Å². The highest BCUT2D eigenvalue weighted by molar-refractivity contribution is 7.99. The molecule has 2 heterocycles. The number of amides is 2. The van der Waals surface area contributed by atoms with Crippen LogP contribution in [0.15, 0.2) is 88.4 Å². The van der Waals surface area contributed by atoms with E-state index in [0.29, 0.717) is 28.6 Å². The van der Waals surface area contributed by atoms with Crippen molar-refractivity contribution < 1.29 is 14.0 Å². The highest BCUT2D eigenvalue weighted by Gasteiger charge is 2.14. The van der Waals surface area contributed by atoms with Crippen molar-refractivity contribution in [3.8, 4) is 11.5 Å². The molecule has 2 aromatic heterocycles.